The van der Waals surface area contributed by atoms with Gasteiger partial charge in [0.25, 0.3) is 0 Å². The summed E-state index contributed by atoms with van der Waals surface area (Å²) in [6.45, 7) is -0.463. The number of nitrogens with one attached hydrogen (secondary N) is 1. The average molecular weight is 363 g/mol. The molecule has 0 fully saturated rings. The third-order valence-electron chi connectivity index (χ3n) is 2.81. The molecule has 5 heteroatoms. The second-order valence-corrected chi connectivity index (χ2v) is 5.33. The summed E-state index contributed by atoms with van der Waals surface area (Å²) in [5.41, 5.74) is 1.43. The molecule has 0 bridgehead atoms. The first-order valence-corrected chi connectivity index (χ1v) is 7.50. The number of benzene rings is 2. The molecular formula is C17H15BrFNO2. The number of ether oxygens (including phenoxy) is 1. The Morgan fingerprint density at radius 3 is 2.45 bits per heavy atom. The van der Waals surface area contributed by atoms with Gasteiger partial charge in [-0.2, -0.15) is 0 Å². The van der Waals surface area contributed by atoms with Crippen LogP contribution in [0.1, 0.15) is 10.4 Å². The highest BCUT2D eigenvalue weighted by Crippen LogP contribution is 2.16. The van der Waals surface area contributed by atoms with E-state index in [4.69, 9.17) is 4.74 Å². The maximum atomic E-state index is 12.0. The molecule has 0 aliphatic rings. The van der Waals surface area contributed by atoms with Gasteiger partial charge in [-0.15, -0.1) is 0 Å². The molecule has 2 aromatic rings. The van der Waals surface area contributed by atoms with Crippen molar-refractivity contribution in [3.8, 4) is 5.75 Å². The van der Waals surface area contributed by atoms with Gasteiger partial charge in [0.1, 0.15) is 19.0 Å². The predicted molar refractivity (Wildman–Crippen MR) is 89.1 cm³/mol. The number of anilines is 1. The molecule has 114 valence electrons. The molecule has 3 nitrogen and oxygen atoms in total. The summed E-state index contributed by atoms with van der Waals surface area (Å²) in [5.74, 6) is 0.529. The van der Waals surface area contributed by atoms with Gasteiger partial charge < -0.3 is 10.1 Å². The molecule has 0 aliphatic heterocycles. The van der Waals surface area contributed by atoms with Crippen LogP contribution in [0, 0.1) is 0 Å². The van der Waals surface area contributed by atoms with Gasteiger partial charge in [0.05, 0.1) is 0 Å². The second kappa shape index (κ2) is 8.34. The molecule has 0 unspecified atom stereocenters. The van der Waals surface area contributed by atoms with Gasteiger partial charge in [0.2, 0.25) is 0 Å². The zero-order valence-corrected chi connectivity index (χ0v) is 13.3. The quantitative estimate of drug-likeness (QED) is 0.577. The van der Waals surface area contributed by atoms with Crippen molar-refractivity contribution in [2.45, 2.75) is 0 Å². The number of alkyl halides is 1. The number of hydrogen-bond acceptors (Lipinski definition) is 3. The van der Waals surface area contributed by atoms with E-state index in [1.807, 2.05) is 12.1 Å². The van der Waals surface area contributed by atoms with Crippen LogP contribution in [-0.2, 0) is 0 Å². The van der Waals surface area contributed by atoms with E-state index in [0.717, 1.165) is 10.2 Å². The largest absolute Gasteiger partial charge is 0.491 e. The highest BCUT2D eigenvalue weighted by molar-refractivity contribution is 9.10. The number of carbonyl (C=O) groups excluding carboxylic acids is 1. The van der Waals surface area contributed by atoms with Gasteiger partial charge in [-0.3, -0.25) is 4.79 Å². The van der Waals surface area contributed by atoms with Crippen LogP contribution in [0.5, 0.6) is 5.75 Å². The fourth-order valence-electron chi connectivity index (χ4n) is 1.73. The normalized spacial score (nSPS) is 10.6. The number of halogens is 2. The smallest absolute Gasteiger partial charge is 0.187 e. The second-order valence-electron chi connectivity index (χ2n) is 4.41. The fraction of sp³-hybridized carbons (Fsp3) is 0.118. The van der Waals surface area contributed by atoms with Crippen molar-refractivity contribution in [3.05, 3.63) is 70.8 Å². The van der Waals surface area contributed by atoms with E-state index in [9.17, 15) is 9.18 Å². The van der Waals surface area contributed by atoms with Crippen molar-refractivity contribution < 1.29 is 13.9 Å². The fourth-order valence-corrected chi connectivity index (χ4v) is 1.99. The Hall–Kier alpha value is -2.14. The molecule has 0 radical (unpaired) electrons. The summed E-state index contributed by atoms with van der Waals surface area (Å²) in [7, 11) is 0. The summed E-state index contributed by atoms with van der Waals surface area (Å²) in [6.07, 6.45) is 3.05. The molecule has 0 atom stereocenters. The summed E-state index contributed by atoms with van der Waals surface area (Å²) < 4.78 is 18.1. The summed E-state index contributed by atoms with van der Waals surface area (Å²) >= 11 is 3.33. The zero-order chi connectivity index (χ0) is 15.8. The summed E-state index contributed by atoms with van der Waals surface area (Å²) in [4.78, 5) is 11.9. The van der Waals surface area contributed by atoms with Crippen LogP contribution in [0.15, 0.2) is 65.3 Å². The standard InChI is InChI=1S/C17H15BrFNO2/c18-14-3-1-13(2-4-14)17(21)9-11-20-15-5-7-16(8-6-15)22-12-10-19/h1-9,11,20H,10,12H2/b11-9-/i19-1. The van der Waals surface area contributed by atoms with Crippen molar-refractivity contribution in [3.63, 3.8) is 0 Å². The van der Waals surface area contributed by atoms with Crippen LogP contribution in [0.25, 0.3) is 0 Å². The van der Waals surface area contributed by atoms with E-state index >= 15 is 0 Å². The third kappa shape index (κ3) is 5.00. The summed E-state index contributed by atoms with van der Waals surface area (Å²) in [5, 5.41) is 3.00. The van der Waals surface area contributed by atoms with E-state index in [1.165, 1.54) is 6.08 Å². The molecule has 1 N–H and O–H groups in total. The molecular weight excluding hydrogens is 348 g/mol. The maximum absolute atomic E-state index is 12.0. The Morgan fingerprint density at radius 1 is 1.14 bits per heavy atom. The van der Waals surface area contributed by atoms with E-state index in [-0.39, 0.29) is 12.4 Å². The number of ketones is 1. The van der Waals surface area contributed by atoms with Crippen molar-refractivity contribution in [1.29, 1.82) is 0 Å². The minimum absolute atomic E-state index is 0.0500. The lowest BCUT2D eigenvalue weighted by atomic mass is 10.1. The van der Waals surface area contributed by atoms with Crippen molar-refractivity contribution in [2.75, 3.05) is 18.6 Å². The molecule has 0 saturated heterocycles. The molecule has 0 aliphatic carbocycles. The number of rotatable bonds is 7. The highest BCUT2D eigenvalue weighted by atomic mass is 79.9. The maximum Gasteiger partial charge on any atom is 0.187 e. The van der Waals surface area contributed by atoms with Gasteiger partial charge in [0, 0.05) is 28.0 Å². The van der Waals surface area contributed by atoms with E-state index < -0.39 is 6.67 Å². The molecule has 2 rings (SSSR count). The van der Waals surface area contributed by atoms with Gasteiger partial charge >= 0.3 is 0 Å². The van der Waals surface area contributed by atoms with Gasteiger partial charge in [-0.05, 0) is 48.5 Å². The van der Waals surface area contributed by atoms with E-state index in [2.05, 4.69) is 21.2 Å². The topological polar surface area (TPSA) is 38.3 Å². The van der Waals surface area contributed by atoms with Gasteiger partial charge in [-0.1, -0.05) is 15.9 Å². The van der Waals surface area contributed by atoms with Crippen LogP contribution in [0.2, 0.25) is 0 Å². The van der Waals surface area contributed by atoms with Crippen LogP contribution in [0.4, 0.5) is 10.1 Å². The Balaban J connectivity index is 1.88. The predicted octanol–water partition coefficient (Wildman–Crippen LogP) is 4.61. The minimum Gasteiger partial charge on any atom is -0.491 e. The Morgan fingerprint density at radius 2 is 1.82 bits per heavy atom. The van der Waals surface area contributed by atoms with Crippen LogP contribution < -0.4 is 10.1 Å². The molecule has 22 heavy (non-hydrogen) atoms. The Bertz CT molecular complexity index is 639. The van der Waals surface area contributed by atoms with Crippen LogP contribution >= 0.6 is 15.9 Å². The minimum atomic E-state index is -0.513. The van der Waals surface area contributed by atoms with Crippen molar-refractivity contribution in [2.24, 2.45) is 0 Å². The molecule has 2 aromatic carbocycles. The first kappa shape index (κ1) is 16.2. The lowest BCUT2D eigenvalue weighted by Crippen LogP contribution is -1.98. The number of allylic oxidation sites excluding steroid dienone is 1. The molecule has 0 saturated carbocycles. The van der Waals surface area contributed by atoms with Crippen molar-refractivity contribution >= 4 is 27.4 Å². The monoisotopic (exact) mass is 362 g/mol. The van der Waals surface area contributed by atoms with E-state index in [1.54, 1.807) is 42.6 Å². The van der Waals surface area contributed by atoms with Crippen LogP contribution in [0.3, 0.4) is 0 Å². The molecule has 0 aromatic heterocycles. The first-order valence-electron chi connectivity index (χ1n) is 6.71. The van der Waals surface area contributed by atoms with E-state index in [0.29, 0.717) is 11.3 Å². The number of hydrogen-bond donors (Lipinski definition) is 1. The zero-order valence-electron chi connectivity index (χ0n) is 11.8. The third-order valence-corrected chi connectivity index (χ3v) is 3.34. The van der Waals surface area contributed by atoms with Gasteiger partial charge in [-0.25, -0.2) is 4.39 Å². The lowest BCUT2D eigenvalue weighted by molar-refractivity contribution is 0.104. The van der Waals surface area contributed by atoms with Gasteiger partial charge in [0.15, 0.2) is 5.78 Å². The Labute approximate surface area is 136 Å². The molecule has 0 amide bonds. The average Bonchev–Trinajstić information content (AvgIpc) is 2.54. The molecule has 0 heterocycles. The number of carbonyl (C=O) groups is 1. The Kier molecular flexibility index (Phi) is 6.15. The highest BCUT2D eigenvalue weighted by Gasteiger charge is 2.00. The van der Waals surface area contributed by atoms with Crippen LogP contribution in [-0.4, -0.2) is 19.1 Å². The lowest BCUT2D eigenvalue weighted by Gasteiger charge is -2.05. The molecule has 0 spiro atoms. The first-order chi connectivity index (χ1) is 10.7. The summed E-state index contributed by atoms with van der Waals surface area (Å²) in [6, 6.07) is 14.2. The van der Waals surface area contributed by atoms with Crippen molar-refractivity contribution in [1.82, 2.24) is 0 Å². The SMILES string of the molecule is O=C(/C=C\Nc1ccc(OCC[18F])cc1)c1ccc(Br)cc1.